The summed E-state index contributed by atoms with van der Waals surface area (Å²) in [6.45, 7) is 7.34. The third-order valence-electron chi connectivity index (χ3n) is 10.8. The van der Waals surface area contributed by atoms with Crippen molar-refractivity contribution >= 4 is 67.2 Å². The number of hydrogen-bond acceptors (Lipinski definition) is 9. The second kappa shape index (κ2) is 17.9. The Bertz CT molecular complexity index is 2140. The number of aliphatic hydroxyl groups excluding tert-OH is 1. The lowest BCUT2D eigenvalue weighted by Gasteiger charge is -2.40. The number of anilines is 2. The number of fused-ring (bicyclic) bond motifs is 2. The van der Waals surface area contributed by atoms with Crippen molar-refractivity contribution in [3.8, 4) is 0 Å². The topological polar surface area (TPSA) is 99.5 Å². The van der Waals surface area contributed by atoms with Crippen molar-refractivity contribution in [2.45, 2.75) is 64.3 Å². The molecule has 0 amide bonds. The van der Waals surface area contributed by atoms with Gasteiger partial charge in [-0.25, -0.2) is 4.79 Å². The molecule has 2 aromatic heterocycles. The minimum atomic E-state index is -0.900. The first-order valence-electron chi connectivity index (χ1n) is 19.0. The summed E-state index contributed by atoms with van der Waals surface area (Å²) in [5.74, 6) is -0.900. The van der Waals surface area contributed by atoms with Crippen LogP contribution in [0.25, 0.3) is 20.2 Å². The summed E-state index contributed by atoms with van der Waals surface area (Å²) >= 11 is 3.53. The third kappa shape index (κ3) is 9.34. The van der Waals surface area contributed by atoms with Gasteiger partial charge in [-0.05, 0) is 158 Å². The number of piperidine rings is 2. The van der Waals surface area contributed by atoms with Crippen LogP contribution >= 0.6 is 22.7 Å². The predicted octanol–water partition coefficient (Wildman–Crippen LogP) is 8.33. The van der Waals surface area contributed by atoms with E-state index in [0.717, 1.165) is 62.4 Å². The molecule has 11 heteroatoms. The second-order valence-corrected chi connectivity index (χ2v) is 16.3. The van der Waals surface area contributed by atoms with E-state index in [-0.39, 0.29) is 6.61 Å². The first-order valence-corrected chi connectivity index (χ1v) is 20.7. The number of benzene rings is 4. The molecule has 280 valence electrons. The van der Waals surface area contributed by atoms with Crippen molar-refractivity contribution in [1.29, 1.82) is 0 Å². The predicted molar refractivity (Wildman–Crippen MR) is 226 cm³/mol. The van der Waals surface area contributed by atoms with E-state index >= 15 is 0 Å². The average Bonchev–Trinajstić information content (AvgIpc) is 3.89. The SMILES string of the molecule is CB(O)N1CCC(N(Cc2cccc(C(=O)O)c2)c2ccc3sccc3c2)CC1.OCc1cccc(CN(c2ccc3sccc3c2)C2CCNCC2)c1. The Kier molecular flexibility index (Phi) is 12.6. The first kappa shape index (κ1) is 38.1. The molecular formula is C43H49BN4O4S2. The van der Waals surface area contributed by atoms with Crippen molar-refractivity contribution in [2.75, 3.05) is 36.0 Å². The highest BCUT2D eigenvalue weighted by Gasteiger charge is 2.28. The summed E-state index contributed by atoms with van der Waals surface area (Å²) in [5.41, 5.74) is 6.01. The zero-order chi connectivity index (χ0) is 37.4. The summed E-state index contributed by atoms with van der Waals surface area (Å²) in [6.07, 6.45) is 4.26. The van der Waals surface area contributed by atoms with Gasteiger partial charge in [0.2, 0.25) is 0 Å². The summed E-state index contributed by atoms with van der Waals surface area (Å²) < 4.78 is 2.61. The molecule has 2 aliphatic rings. The van der Waals surface area contributed by atoms with E-state index in [4.69, 9.17) is 0 Å². The number of thiophene rings is 2. The van der Waals surface area contributed by atoms with Gasteiger partial charge in [0.15, 0.2) is 0 Å². The quantitative estimate of drug-likeness (QED) is 0.0980. The van der Waals surface area contributed by atoms with Crippen molar-refractivity contribution in [1.82, 2.24) is 10.1 Å². The van der Waals surface area contributed by atoms with Gasteiger partial charge in [0, 0.05) is 45.9 Å². The molecule has 8 rings (SSSR count). The number of carboxylic acids is 1. The average molecular weight is 761 g/mol. The Labute approximate surface area is 326 Å². The van der Waals surface area contributed by atoms with Crippen LogP contribution in [0.1, 0.15) is 52.7 Å². The van der Waals surface area contributed by atoms with E-state index in [9.17, 15) is 20.0 Å². The van der Waals surface area contributed by atoms with Gasteiger partial charge in [-0.1, -0.05) is 36.4 Å². The van der Waals surface area contributed by atoms with Crippen LogP contribution in [0, 0.1) is 0 Å². The minimum absolute atomic E-state index is 0.0993. The lowest BCUT2D eigenvalue weighted by atomic mass is 9.82. The third-order valence-corrected chi connectivity index (χ3v) is 12.6. The molecule has 0 atom stereocenters. The van der Waals surface area contributed by atoms with Gasteiger partial charge < -0.3 is 35.2 Å². The highest BCUT2D eigenvalue weighted by Crippen LogP contribution is 2.32. The fourth-order valence-electron chi connectivity index (χ4n) is 7.84. The molecule has 4 heterocycles. The van der Waals surface area contributed by atoms with Crippen LogP contribution in [0.4, 0.5) is 11.4 Å². The van der Waals surface area contributed by atoms with Crippen LogP contribution in [0.5, 0.6) is 0 Å². The van der Waals surface area contributed by atoms with Gasteiger partial charge in [0.25, 0.3) is 0 Å². The molecule has 4 N–H and O–H groups in total. The van der Waals surface area contributed by atoms with Gasteiger partial charge in [-0.2, -0.15) is 0 Å². The zero-order valence-corrected chi connectivity index (χ0v) is 32.4. The van der Waals surface area contributed by atoms with Crippen LogP contribution in [0.2, 0.25) is 6.82 Å². The molecule has 4 aromatic carbocycles. The number of rotatable bonds is 11. The molecule has 0 unspecified atom stereocenters. The highest BCUT2D eigenvalue weighted by atomic mass is 32.1. The maximum absolute atomic E-state index is 11.4. The molecule has 6 aromatic rings. The molecule has 54 heavy (non-hydrogen) atoms. The summed E-state index contributed by atoms with van der Waals surface area (Å²) in [6, 6.07) is 34.2. The fourth-order valence-corrected chi connectivity index (χ4v) is 9.38. The summed E-state index contributed by atoms with van der Waals surface area (Å²) in [5, 5.41) is 39.0. The largest absolute Gasteiger partial charge is 0.478 e. The van der Waals surface area contributed by atoms with Gasteiger partial charge in [0.05, 0.1) is 12.2 Å². The standard InChI is InChI=1S/C22H25BN2O3S.C21H24N2OS/c1-23(28)24-10-7-19(8-11-24)25(15-16-3-2-4-18(13-16)22(26)27)20-5-6-21-17(14-20)9-12-29-21;24-15-17-3-1-2-16(12-17)14-23(19-6-9-22-10-7-19)20-4-5-21-18(13-20)8-11-25-21/h2-6,9,12-14,19,28H,7-8,10-11,15H2,1H3,(H,26,27);1-5,8,11-13,19,22,24H,6-7,9-10,14-15H2. The van der Waals surface area contributed by atoms with Crippen molar-refractivity contribution in [2.24, 2.45) is 0 Å². The number of nitrogens with one attached hydrogen (secondary N) is 1. The maximum atomic E-state index is 11.4. The lowest BCUT2D eigenvalue weighted by Crippen LogP contribution is -2.49. The van der Waals surface area contributed by atoms with Gasteiger partial charge in [-0.15, -0.1) is 22.7 Å². The molecule has 0 saturated carbocycles. The molecule has 2 aliphatic heterocycles. The Balaban J connectivity index is 0.000000168. The fraction of sp³-hybridized carbons (Fsp3) is 0.326. The monoisotopic (exact) mass is 760 g/mol. The number of aromatic carboxylic acids is 1. The van der Waals surface area contributed by atoms with Crippen molar-refractivity contribution < 1.29 is 20.0 Å². The van der Waals surface area contributed by atoms with Crippen LogP contribution in [0.15, 0.2) is 108 Å². The van der Waals surface area contributed by atoms with Gasteiger partial charge in [-0.3, -0.25) is 0 Å². The van der Waals surface area contributed by atoms with Crippen LogP contribution in [-0.4, -0.2) is 71.3 Å². The van der Waals surface area contributed by atoms with Crippen LogP contribution < -0.4 is 15.1 Å². The van der Waals surface area contributed by atoms with E-state index in [2.05, 4.69) is 91.4 Å². The first-order chi connectivity index (χ1) is 26.3. The van der Waals surface area contributed by atoms with E-state index in [1.165, 1.54) is 44.3 Å². The number of aliphatic hydroxyl groups is 1. The van der Waals surface area contributed by atoms with Crippen molar-refractivity contribution in [3.05, 3.63) is 130 Å². The van der Waals surface area contributed by atoms with E-state index in [1.807, 2.05) is 31.1 Å². The molecular weight excluding hydrogens is 711 g/mol. The minimum Gasteiger partial charge on any atom is -0.478 e. The van der Waals surface area contributed by atoms with Gasteiger partial charge in [0.1, 0.15) is 0 Å². The van der Waals surface area contributed by atoms with Crippen LogP contribution in [0.3, 0.4) is 0 Å². The Morgan fingerprint density at radius 2 is 1.28 bits per heavy atom. The number of hydrogen-bond donors (Lipinski definition) is 4. The Hall–Kier alpha value is -4.23. The molecule has 0 radical (unpaired) electrons. The Morgan fingerprint density at radius 3 is 1.83 bits per heavy atom. The van der Waals surface area contributed by atoms with Gasteiger partial charge >= 0.3 is 13.0 Å². The number of nitrogens with zero attached hydrogens (tertiary/aromatic N) is 3. The Morgan fingerprint density at radius 1 is 0.741 bits per heavy atom. The maximum Gasteiger partial charge on any atom is 0.376 e. The second-order valence-electron chi connectivity index (χ2n) is 14.4. The number of carboxylic acid groups (broad SMARTS) is 1. The number of carbonyl (C=O) groups is 1. The van der Waals surface area contributed by atoms with Crippen LogP contribution in [-0.2, 0) is 19.7 Å². The highest BCUT2D eigenvalue weighted by molar-refractivity contribution is 7.17. The molecule has 0 aliphatic carbocycles. The summed E-state index contributed by atoms with van der Waals surface area (Å²) in [7, 11) is -0.418. The molecule has 8 nitrogen and oxygen atoms in total. The van der Waals surface area contributed by atoms with Crippen molar-refractivity contribution in [3.63, 3.8) is 0 Å². The lowest BCUT2D eigenvalue weighted by molar-refractivity contribution is 0.0696. The van der Waals surface area contributed by atoms with E-state index < -0.39 is 13.0 Å². The smallest absolute Gasteiger partial charge is 0.376 e. The van der Waals surface area contributed by atoms with E-state index in [1.54, 1.807) is 34.8 Å². The molecule has 0 spiro atoms. The molecule has 2 saturated heterocycles. The van der Waals surface area contributed by atoms with E-state index in [0.29, 0.717) is 24.2 Å². The summed E-state index contributed by atoms with van der Waals surface area (Å²) in [4.78, 5) is 18.4. The molecule has 0 bridgehead atoms. The normalized spacial score (nSPS) is 15.5. The zero-order valence-electron chi connectivity index (χ0n) is 30.8. The molecule has 2 fully saturated rings.